The van der Waals surface area contributed by atoms with E-state index in [1.807, 2.05) is 23.1 Å². The molecule has 3 heterocycles. The van der Waals surface area contributed by atoms with Gasteiger partial charge in [-0.15, -0.1) is 0 Å². The van der Waals surface area contributed by atoms with Crippen LogP contribution in [0.3, 0.4) is 0 Å². The Labute approximate surface area is 165 Å². The predicted octanol–water partition coefficient (Wildman–Crippen LogP) is 1.53. The normalized spacial score (nSPS) is 23.6. The van der Waals surface area contributed by atoms with E-state index in [0.717, 1.165) is 32.4 Å². The summed E-state index contributed by atoms with van der Waals surface area (Å²) in [6.45, 7) is 6.05. The van der Waals surface area contributed by atoms with Crippen LogP contribution in [0.15, 0.2) is 35.4 Å². The zero-order valence-electron chi connectivity index (χ0n) is 16.6. The minimum absolute atomic E-state index is 0.00445. The fourth-order valence-electron chi connectivity index (χ4n) is 4.37. The first-order valence-electron chi connectivity index (χ1n) is 10.3. The van der Waals surface area contributed by atoms with Crippen LogP contribution in [0.2, 0.25) is 0 Å². The fraction of sp³-hybridized carbons (Fsp3) is 0.571. The number of amides is 1. The number of fused-ring (bicyclic) bond motifs is 1. The Hall–Kier alpha value is -2.25. The molecule has 2 N–H and O–H groups in total. The van der Waals surface area contributed by atoms with Crippen LogP contribution < -0.4 is 16.4 Å². The maximum absolute atomic E-state index is 12.7. The molecule has 1 aromatic carbocycles. The van der Waals surface area contributed by atoms with Gasteiger partial charge in [-0.1, -0.05) is 26.0 Å². The van der Waals surface area contributed by atoms with Gasteiger partial charge in [0.2, 0.25) is 5.91 Å². The van der Waals surface area contributed by atoms with Crippen molar-refractivity contribution in [3.63, 3.8) is 0 Å². The van der Waals surface area contributed by atoms with Crippen molar-refractivity contribution in [2.45, 2.75) is 51.7 Å². The van der Waals surface area contributed by atoms with Gasteiger partial charge in [-0.2, -0.15) is 0 Å². The second-order valence-corrected chi connectivity index (χ2v) is 8.39. The van der Waals surface area contributed by atoms with E-state index in [9.17, 15) is 9.59 Å². The lowest BCUT2D eigenvalue weighted by Crippen LogP contribution is -2.46. The lowest BCUT2D eigenvalue weighted by atomic mass is 9.85. The average Bonchev–Trinajstić information content (AvgIpc) is 3.21. The first-order valence-corrected chi connectivity index (χ1v) is 10.3. The molecular formula is C21H29N5O2. The summed E-state index contributed by atoms with van der Waals surface area (Å²) in [7, 11) is 0. The van der Waals surface area contributed by atoms with Crippen LogP contribution in [-0.2, 0) is 11.3 Å². The second kappa shape index (κ2) is 8.01. The molecule has 2 saturated heterocycles. The molecule has 150 valence electrons. The highest BCUT2D eigenvalue weighted by Crippen LogP contribution is 2.27. The Morgan fingerprint density at radius 2 is 1.96 bits per heavy atom. The van der Waals surface area contributed by atoms with Gasteiger partial charge in [0, 0.05) is 25.2 Å². The second-order valence-electron chi connectivity index (χ2n) is 8.39. The summed E-state index contributed by atoms with van der Waals surface area (Å²) in [5.41, 5.74) is 7.38. The number of carbonyl (C=O) groups is 1. The van der Waals surface area contributed by atoms with Crippen molar-refractivity contribution >= 4 is 16.8 Å². The van der Waals surface area contributed by atoms with Gasteiger partial charge < -0.3 is 4.90 Å². The summed E-state index contributed by atoms with van der Waals surface area (Å²) < 4.78 is 1.42. The SMILES string of the molecule is CC(C)C1CC(C2CCN(C(=O)Cn3cnc4ccccc4c3=O)CC2)NN1. The van der Waals surface area contributed by atoms with E-state index in [-0.39, 0.29) is 18.0 Å². The molecule has 4 rings (SSSR count). The van der Waals surface area contributed by atoms with Crippen molar-refractivity contribution in [1.29, 1.82) is 0 Å². The standard InChI is InChI=1S/C21H29N5O2/c1-14(2)18-11-19(24-23-18)15-7-9-25(10-8-15)20(27)12-26-13-22-17-6-4-3-5-16(17)21(26)28/h3-6,13-15,18-19,23-24H,7-12H2,1-2H3. The van der Waals surface area contributed by atoms with Crippen molar-refractivity contribution in [1.82, 2.24) is 25.3 Å². The van der Waals surface area contributed by atoms with Crippen molar-refractivity contribution in [2.24, 2.45) is 11.8 Å². The van der Waals surface area contributed by atoms with Gasteiger partial charge in [0.05, 0.1) is 17.2 Å². The molecule has 0 spiro atoms. The van der Waals surface area contributed by atoms with E-state index >= 15 is 0 Å². The zero-order valence-corrected chi connectivity index (χ0v) is 16.6. The van der Waals surface area contributed by atoms with E-state index < -0.39 is 0 Å². The Balaban J connectivity index is 1.35. The Morgan fingerprint density at radius 3 is 2.68 bits per heavy atom. The Morgan fingerprint density at radius 1 is 1.21 bits per heavy atom. The number of hydrogen-bond donors (Lipinski definition) is 2. The number of nitrogens with zero attached hydrogens (tertiary/aromatic N) is 3. The topological polar surface area (TPSA) is 79.3 Å². The number of aromatic nitrogens is 2. The molecule has 28 heavy (non-hydrogen) atoms. The van der Waals surface area contributed by atoms with Crippen LogP contribution in [0.1, 0.15) is 33.1 Å². The average molecular weight is 383 g/mol. The molecule has 2 unspecified atom stereocenters. The van der Waals surface area contributed by atoms with Crippen molar-refractivity contribution in [2.75, 3.05) is 13.1 Å². The highest BCUT2D eigenvalue weighted by Gasteiger charge is 2.34. The third-order valence-electron chi connectivity index (χ3n) is 6.27. The van der Waals surface area contributed by atoms with Crippen LogP contribution in [0.4, 0.5) is 0 Å². The predicted molar refractivity (Wildman–Crippen MR) is 109 cm³/mol. The largest absolute Gasteiger partial charge is 0.341 e. The number of likely N-dealkylation sites (tertiary alicyclic amines) is 1. The molecule has 0 bridgehead atoms. The van der Waals surface area contributed by atoms with Crippen LogP contribution in [0, 0.1) is 11.8 Å². The maximum Gasteiger partial charge on any atom is 0.261 e. The van der Waals surface area contributed by atoms with Gasteiger partial charge in [-0.05, 0) is 43.2 Å². The van der Waals surface area contributed by atoms with E-state index in [2.05, 4.69) is 29.7 Å². The fourth-order valence-corrected chi connectivity index (χ4v) is 4.37. The summed E-state index contributed by atoms with van der Waals surface area (Å²) in [4.78, 5) is 31.5. The number of rotatable bonds is 4. The number of hydrazine groups is 1. The molecular weight excluding hydrogens is 354 g/mol. The van der Waals surface area contributed by atoms with Gasteiger partial charge in [0.15, 0.2) is 0 Å². The van der Waals surface area contributed by atoms with Gasteiger partial charge >= 0.3 is 0 Å². The zero-order chi connectivity index (χ0) is 19.7. The third-order valence-corrected chi connectivity index (χ3v) is 6.27. The van der Waals surface area contributed by atoms with Gasteiger partial charge in [0.1, 0.15) is 6.54 Å². The minimum Gasteiger partial charge on any atom is -0.341 e. The molecule has 0 aliphatic carbocycles. The molecule has 0 saturated carbocycles. The van der Waals surface area contributed by atoms with Crippen LogP contribution in [0.5, 0.6) is 0 Å². The number of carbonyl (C=O) groups excluding carboxylic acids is 1. The third kappa shape index (κ3) is 3.82. The minimum atomic E-state index is -0.158. The summed E-state index contributed by atoms with van der Waals surface area (Å²) in [5.74, 6) is 1.20. The molecule has 1 aromatic heterocycles. The number of piperidine rings is 1. The highest BCUT2D eigenvalue weighted by molar-refractivity contribution is 5.79. The van der Waals surface area contributed by atoms with Crippen molar-refractivity contribution in [3.8, 4) is 0 Å². The summed E-state index contributed by atoms with van der Waals surface area (Å²) in [6, 6.07) is 8.24. The van der Waals surface area contributed by atoms with Gasteiger partial charge in [-0.25, -0.2) is 4.98 Å². The van der Waals surface area contributed by atoms with Crippen LogP contribution in [0.25, 0.3) is 10.9 Å². The van der Waals surface area contributed by atoms with Crippen LogP contribution >= 0.6 is 0 Å². The van der Waals surface area contributed by atoms with Gasteiger partial charge in [0.25, 0.3) is 5.56 Å². The van der Waals surface area contributed by atoms with E-state index in [0.29, 0.717) is 34.8 Å². The quantitative estimate of drug-likeness (QED) is 0.837. The number of benzene rings is 1. The molecule has 2 atom stereocenters. The summed E-state index contributed by atoms with van der Waals surface area (Å²) >= 11 is 0. The highest BCUT2D eigenvalue weighted by atomic mass is 16.2. The van der Waals surface area contributed by atoms with Crippen molar-refractivity contribution < 1.29 is 4.79 Å². The lowest BCUT2D eigenvalue weighted by Gasteiger charge is -2.34. The molecule has 2 aliphatic rings. The number of nitrogens with one attached hydrogen (secondary N) is 2. The first-order chi connectivity index (χ1) is 13.5. The number of para-hydroxylation sites is 1. The molecule has 1 amide bonds. The van der Waals surface area contributed by atoms with E-state index in [1.54, 1.807) is 6.07 Å². The summed E-state index contributed by atoms with van der Waals surface area (Å²) in [5, 5.41) is 0.552. The molecule has 2 aliphatic heterocycles. The Bertz CT molecular complexity index is 901. The monoisotopic (exact) mass is 383 g/mol. The van der Waals surface area contributed by atoms with E-state index in [1.165, 1.54) is 10.9 Å². The molecule has 2 aromatic rings. The van der Waals surface area contributed by atoms with Crippen molar-refractivity contribution in [3.05, 3.63) is 40.9 Å². The lowest BCUT2D eigenvalue weighted by molar-refractivity contribution is -0.133. The van der Waals surface area contributed by atoms with E-state index in [4.69, 9.17) is 0 Å². The maximum atomic E-state index is 12.7. The summed E-state index contributed by atoms with van der Waals surface area (Å²) in [6.07, 6.45) is 4.63. The smallest absolute Gasteiger partial charge is 0.261 e. The Kier molecular flexibility index (Phi) is 5.46. The molecule has 7 heteroatoms. The first kappa shape index (κ1) is 19.1. The molecule has 0 radical (unpaired) electrons. The molecule has 2 fully saturated rings. The van der Waals surface area contributed by atoms with Crippen LogP contribution in [-0.4, -0.2) is 45.5 Å². The molecule has 7 nitrogen and oxygen atoms in total. The number of hydrogen-bond acceptors (Lipinski definition) is 5. The van der Waals surface area contributed by atoms with Gasteiger partial charge in [-0.3, -0.25) is 25.0 Å².